The number of likely N-dealkylation sites (tertiary alicyclic amines) is 1. The van der Waals surface area contributed by atoms with Gasteiger partial charge in [-0.15, -0.1) is 0 Å². The molecule has 1 N–H and O–H groups in total. The minimum absolute atomic E-state index is 0.000269. The molecule has 2 fully saturated rings. The molecule has 182 valence electrons. The van der Waals surface area contributed by atoms with E-state index in [4.69, 9.17) is 11.3 Å². The van der Waals surface area contributed by atoms with E-state index in [1.165, 1.54) is 0 Å². The van der Waals surface area contributed by atoms with Crippen molar-refractivity contribution in [3.8, 4) is 17.3 Å². The number of rotatable bonds is 7. The highest BCUT2D eigenvalue weighted by Gasteiger charge is 2.50. The number of methoxy groups -OCH3 is 1. The Bertz CT molecular complexity index is 1330. The number of anilines is 2. The third-order valence-electron chi connectivity index (χ3n) is 7.00. The lowest BCUT2D eigenvalue weighted by Gasteiger charge is -2.40. The Balaban J connectivity index is 1.27. The molecular weight excluding hydrogens is 456 g/mol. The van der Waals surface area contributed by atoms with E-state index in [0.717, 1.165) is 17.7 Å². The highest BCUT2D eigenvalue weighted by atomic mass is 16.5. The van der Waals surface area contributed by atoms with Crippen molar-refractivity contribution in [1.29, 1.82) is 5.26 Å². The van der Waals surface area contributed by atoms with Crippen molar-refractivity contribution in [3.05, 3.63) is 65.9 Å². The van der Waals surface area contributed by atoms with Crippen LogP contribution in [0.15, 0.2) is 48.9 Å². The van der Waals surface area contributed by atoms with Gasteiger partial charge >= 0.3 is 0 Å². The summed E-state index contributed by atoms with van der Waals surface area (Å²) < 4.78 is 7.17. The Morgan fingerprint density at radius 1 is 1.33 bits per heavy atom. The molecule has 1 atom stereocenters. The van der Waals surface area contributed by atoms with Crippen LogP contribution in [0.4, 0.5) is 11.6 Å². The lowest BCUT2D eigenvalue weighted by molar-refractivity contribution is 0.0724. The zero-order valence-electron chi connectivity index (χ0n) is 20.0. The minimum Gasteiger partial charge on any atom is -0.380 e. The average molecular weight is 483 g/mol. The highest BCUT2D eigenvalue weighted by Crippen LogP contribution is 2.44. The van der Waals surface area contributed by atoms with Gasteiger partial charge in [0.25, 0.3) is 5.91 Å². The van der Waals surface area contributed by atoms with Gasteiger partial charge in [0.2, 0.25) is 12.0 Å². The molecule has 1 saturated carbocycles. The minimum atomic E-state index is -0.422. The molecule has 3 aromatic rings. The fraction of sp³-hybridized carbons (Fsp3) is 0.385. The van der Waals surface area contributed by atoms with Gasteiger partial charge in [-0.1, -0.05) is 0 Å². The van der Waals surface area contributed by atoms with Crippen LogP contribution in [0, 0.1) is 17.9 Å². The van der Waals surface area contributed by atoms with E-state index in [2.05, 4.69) is 31.3 Å². The van der Waals surface area contributed by atoms with Gasteiger partial charge in [-0.25, -0.2) is 16.5 Å². The average Bonchev–Trinajstić information content (AvgIpc) is 3.57. The summed E-state index contributed by atoms with van der Waals surface area (Å²) in [5, 5.41) is 17.0. The first-order valence-electron chi connectivity index (χ1n) is 11.8. The van der Waals surface area contributed by atoms with Gasteiger partial charge in [-0.3, -0.25) is 9.48 Å². The third-order valence-corrected chi connectivity index (χ3v) is 7.00. The van der Waals surface area contributed by atoms with Gasteiger partial charge in [0.1, 0.15) is 0 Å². The Hall–Kier alpha value is -4.28. The van der Waals surface area contributed by atoms with Gasteiger partial charge in [0, 0.05) is 62.2 Å². The molecular formula is C26H26N8O2. The molecule has 0 bridgehead atoms. The van der Waals surface area contributed by atoms with Crippen LogP contribution in [-0.4, -0.2) is 62.9 Å². The summed E-state index contributed by atoms with van der Waals surface area (Å²) in [6, 6.07) is 11.2. The zero-order chi connectivity index (χ0) is 25.1. The van der Waals surface area contributed by atoms with Crippen LogP contribution in [0.25, 0.3) is 16.1 Å². The summed E-state index contributed by atoms with van der Waals surface area (Å²) in [5.41, 5.74) is 2.48. The first-order chi connectivity index (χ1) is 17.5. The van der Waals surface area contributed by atoms with E-state index in [1.807, 2.05) is 27.9 Å². The van der Waals surface area contributed by atoms with Crippen molar-refractivity contribution in [2.75, 3.05) is 25.5 Å². The smallest absolute Gasteiger partial charge is 0.253 e. The fourth-order valence-corrected chi connectivity index (χ4v) is 4.88. The number of carbonyl (C=O) groups is 1. The SMILES string of the molecule is [C-]#[N+]C1CC(CC#N)(n2cc(-c3ccnc(Nc4ccc(C(=O)N5CC[C@H](OC)C5)cc4)n3)cn2)C1. The Morgan fingerprint density at radius 2 is 2.14 bits per heavy atom. The largest absolute Gasteiger partial charge is 0.380 e. The van der Waals surface area contributed by atoms with Crippen LogP contribution in [0.1, 0.15) is 36.0 Å². The standard InChI is InChI=1S/C26H26N8O2/c1-28-21-13-26(14-21,9-10-27)34-16-19(15-30-34)23-7-11-29-25(32-23)31-20-5-3-18(4-6-20)24(35)33-12-8-22(17-33)36-2/h3-7,11,15-16,21-22H,8-9,12-14,17H2,2H3,(H,29,31,32)/t21?,22-,26?/m0/s1. The number of hydrogen-bond donors (Lipinski definition) is 1. The molecule has 5 rings (SSSR count). The first-order valence-corrected chi connectivity index (χ1v) is 11.8. The van der Waals surface area contributed by atoms with E-state index in [9.17, 15) is 10.1 Å². The molecule has 2 aliphatic rings. The molecule has 0 unspecified atom stereocenters. The van der Waals surface area contributed by atoms with Crippen molar-refractivity contribution in [1.82, 2.24) is 24.6 Å². The molecule has 0 radical (unpaired) electrons. The van der Waals surface area contributed by atoms with Crippen LogP contribution in [0.2, 0.25) is 0 Å². The first kappa shape index (κ1) is 23.5. The van der Waals surface area contributed by atoms with Crippen LogP contribution in [0.3, 0.4) is 0 Å². The second-order valence-corrected chi connectivity index (χ2v) is 9.29. The number of nitrogens with zero attached hydrogens (tertiary/aromatic N) is 7. The summed E-state index contributed by atoms with van der Waals surface area (Å²) in [6.45, 7) is 8.55. The normalized spacial score (nSPS) is 22.9. The van der Waals surface area contributed by atoms with Crippen LogP contribution < -0.4 is 5.32 Å². The predicted octanol–water partition coefficient (Wildman–Crippen LogP) is 3.64. The van der Waals surface area contributed by atoms with E-state index in [0.29, 0.717) is 49.6 Å². The Morgan fingerprint density at radius 3 is 2.83 bits per heavy atom. The lowest BCUT2D eigenvalue weighted by atomic mass is 9.71. The maximum Gasteiger partial charge on any atom is 0.253 e. The molecule has 10 nitrogen and oxygen atoms in total. The summed E-state index contributed by atoms with van der Waals surface area (Å²) in [4.78, 5) is 27.1. The second kappa shape index (κ2) is 9.76. The molecule has 2 aromatic heterocycles. The van der Waals surface area contributed by atoms with Crippen molar-refractivity contribution in [3.63, 3.8) is 0 Å². The third kappa shape index (κ3) is 4.51. The molecule has 0 spiro atoms. The molecule has 1 aliphatic heterocycles. The van der Waals surface area contributed by atoms with Crippen LogP contribution in [0.5, 0.6) is 0 Å². The van der Waals surface area contributed by atoms with E-state index in [-0.39, 0.29) is 18.1 Å². The van der Waals surface area contributed by atoms with Gasteiger partial charge < -0.3 is 19.8 Å². The number of hydrogen-bond acceptors (Lipinski definition) is 7. The number of nitriles is 1. The molecule has 3 heterocycles. The fourth-order valence-electron chi connectivity index (χ4n) is 4.88. The van der Waals surface area contributed by atoms with Gasteiger partial charge in [0.15, 0.2) is 0 Å². The van der Waals surface area contributed by atoms with Gasteiger partial charge in [-0.2, -0.15) is 10.4 Å². The molecule has 10 heteroatoms. The Labute approximate surface area is 209 Å². The Kier molecular flexibility index (Phi) is 6.36. The van der Waals surface area contributed by atoms with Crippen molar-refractivity contribution in [2.24, 2.45) is 0 Å². The summed E-state index contributed by atoms with van der Waals surface area (Å²) in [6.07, 6.45) is 7.82. The van der Waals surface area contributed by atoms with Crippen LogP contribution in [-0.2, 0) is 10.3 Å². The number of carbonyl (C=O) groups excluding carboxylic acids is 1. The second-order valence-electron chi connectivity index (χ2n) is 9.29. The summed E-state index contributed by atoms with van der Waals surface area (Å²) >= 11 is 0. The lowest BCUT2D eigenvalue weighted by Crippen LogP contribution is -2.48. The van der Waals surface area contributed by atoms with Gasteiger partial charge in [0.05, 0.1) is 36.0 Å². The number of nitrogens with one attached hydrogen (secondary N) is 1. The van der Waals surface area contributed by atoms with Crippen LogP contribution >= 0.6 is 0 Å². The number of ether oxygens (including phenoxy) is 1. The van der Waals surface area contributed by atoms with E-state index in [1.54, 1.807) is 37.7 Å². The quantitative estimate of drug-likeness (QED) is 0.512. The number of aromatic nitrogens is 4. The maximum absolute atomic E-state index is 12.7. The van der Waals surface area contributed by atoms with Crippen molar-refractivity contribution >= 4 is 17.5 Å². The molecule has 1 amide bonds. The van der Waals surface area contributed by atoms with Gasteiger partial charge in [-0.05, 0) is 36.8 Å². The molecule has 1 saturated heterocycles. The topological polar surface area (TPSA) is 113 Å². The highest BCUT2D eigenvalue weighted by molar-refractivity contribution is 5.94. The molecule has 1 aliphatic carbocycles. The maximum atomic E-state index is 12.7. The monoisotopic (exact) mass is 482 g/mol. The molecule has 36 heavy (non-hydrogen) atoms. The van der Waals surface area contributed by atoms with Crippen molar-refractivity contribution in [2.45, 2.75) is 43.4 Å². The van der Waals surface area contributed by atoms with E-state index >= 15 is 0 Å². The number of amides is 1. The zero-order valence-corrected chi connectivity index (χ0v) is 20.0. The van der Waals surface area contributed by atoms with E-state index < -0.39 is 5.54 Å². The summed E-state index contributed by atoms with van der Waals surface area (Å²) in [7, 11) is 1.67. The van der Waals surface area contributed by atoms with Crippen molar-refractivity contribution < 1.29 is 9.53 Å². The summed E-state index contributed by atoms with van der Waals surface area (Å²) in [5.74, 6) is 0.421. The molecule has 1 aromatic carbocycles. The predicted molar refractivity (Wildman–Crippen MR) is 132 cm³/mol. The number of benzene rings is 1.